The molecule has 0 aromatic carbocycles. The number of hydrogen-bond acceptors (Lipinski definition) is 10. The molecule has 16 heteroatoms. The molecule has 2 aromatic rings. The van der Waals surface area contributed by atoms with Gasteiger partial charge in [-0.3, -0.25) is 13.7 Å². The third-order valence-electron chi connectivity index (χ3n) is 3.80. The molecule has 1 fully saturated rings. The van der Waals surface area contributed by atoms with Crippen LogP contribution in [0.2, 0.25) is 0 Å². The standard InChI is InChI=1S/C11H17N5O9P2/c12-9-6-10(14-2-13-9)16(3-15-6)11-8(18)7(17)5(25-11)1-24-27(22,23)4-26(19,20)21/h2-3,5,7-8,11,17-18H,1,4H2,(H,22,23)(H2,12,13,14)(H2,19,20,21)/t5-,7+,8+,11+/m0/s1. The molecule has 7 N–H and O–H groups in total. The lowest BCUT2D eigenvalue weighted by Crippen LogP contribution is -2.33. The Bertz CT molecular complexity index is 932. The maximum Gasteiger partial charge on any atom is 0.340 e. The fourth-order valence-corrected chi connectivity index (χ4v) is 5.19. The summed E-state index contributed by atoms with van der Waals surface area (Å²) in [4.78, 5) is 38.8. The zero-order valence-electron chi connectivity index (χ0n) is 13.5. The summed E-state index contributed by atoms with van der Waals surface area (Å²) in [6.45, 7) is -0.688. The van der Waals surface area contributed by atoms with Gasteiger partial charge in [0.05, 0.1) is 12.9 Å². The number of fused-ring (bicyclic) bond motifs is 1. The highest BCUT2D eigenvalue weighted by molar-refractivity contribution is 7.70. The van der Waals surface area contributed by atoms with E-state index in [-0.39, 0.29) is 17.0 Å². The molecule has 0 aliphatic carbocycles. The van der Waals surface area contributed by atoms with Crippen LogP contribution >= 0.6 is 15.2 Å². The summed E-state index contributed by atoms with van der Waals surface area (Å²) in [5.41, 5.74) is 6.17. The first-order valence-corrected chi connectivity index (χ1v) is 11.0. The lowest BCUT2D eigenvalue weighted by molar-refractivity contribution is -0.0483. The average Bonchev–Trinajstić information content (AvgIpc) is 3.07. The second-order valence-electron chi connectivity index (χ2n) is 5.87. The van der Waals surface area contributed by atoms with E-state index in [9.17, 15) is 24.2 Å². The van der Waals surface area contributed by atoms with Gasteiger partial charge in [0.15, 0.2) is 23.6 Å². The number of imidazole rings is 1. The number of aliphatic hydroxyl groups is 2. The Balaban J connectivity index is 1.75. The minimum atomic E-state index is -4.79. The number of ether oxygens (including phenoxy) is 1. The lowest BCUT2D eigenvalue weighted by Gasteiger charge is -2.18. The van der Waals surface area contributed by atoms with E-state index < -0.39 is 52.2 Å². The van der Waals surface area contributed by atoms with Gasteiger partial charge >= 0.3 is 15.2 Å². The van der Waals surface area contributed by atoms with Crippen molar-refractivity contribution in [3.63, 3.8) is 0 Å². The van der Waals surface area contributed by atoms with E-state index in [1.165, 1.54) is 17.2 Å². The number of nitrogens with zero attached hydrogens (tertiary/aromatic N) is 4. The number of nitrogens with two attached hydrogens (primary N) is 1. The largest absolute Gasteiger partial charge is 0.387 e. The molecule has 3 rings (SSSR count). The van der Waals surface area contributed by atoms with Gasteiger partial charge in [-0.2, -0.15) is 0 Å². The van der Waals surface area contributed by atoms with Crippen molar-refractivity contribution in [1.29, 1.82) is 0 Å². The van der Waals surface area contributed by atoms with Crippen LogP contribution in [0.1, 0.15) is 6.23 Å². The molecule has 2 aromatic heterocycles. The first kappa shape index (κ1) is 20.3. The monoisotopic (exact) mass is 425 g/mol. The molecule has 3 heterocycles. The van der Waals surface area contributed by atoms with Crippen LogP contribution in [-0.4, -0.2) is 75.2 Å². The van der Waals surface area contributed by atoms with Crippen LogP contribution < -0.4 is 5.73 Å². The van der Waals surface area contributed by atoms with Crippen LogP contribution in [0.4, 0.5) is 5.82 Å². The van der Waals surface area contributed by atoms with Gasteiger partial charge in [0.1, 0.15) is 30.2 Å². The molecule has 0 spiro atoms. The van der Waals surface area contributed by atoms with E-state index in [0.29, 0.717) is 0 Å². The molecule has 1 aliphatic rings. The average molecular weight is 425 g/mol. The van der Waals surface area contributed by atoms with Crippen molar-refractivity contribution in [3.05, 3.63) is 12.7 Å². The third kappa shape index (κ3) is 4.35. The normalized spacial score (nSPS) is 28.5. The molecule has 27 heavy (non-hydrogen) atoms. The second kappa shape index (κ2) is 7.17. The number of aliphatic hydroxyl groups excluding tert-OH is 2. The molecule has 0 bridgehead atoms. The Morgan fingerprint density at radius 2 is 1.89 bits per heavy atom. The molecule has 5 atom stereocenters. The van der Waals surface area contributed by atoms with Crippen molar-refractivity contribution in [2.24, 2.45) is 0 Å². The van der Waals surface area contributed by atoms with Crippen LogP contribution in [0.15, 0.2) is 12.7 Å². The first-order chi connectivity index (χ1) is 12.5. The highest BCUT2D eigenvalue weighted by Gasteiger charge is 2.45. The zero-order valence-corrected chi connectivity index (χ0v) is 15.3. The molecule has 0 radical (unpaired) electrons. The van der Waals surface area contributed by atoms with Gasteiger partial charge in [-0.05, 0) is 0 Å². The van der Waals surface area contributed by atoms with Crippen molar-refractivity contribution in [2.75, 3.05) is 18.2 Å². The molecule has 1 unspecified atom stereocenters. The quantitative estimate of drug-likeness (QED) is 0.286. The van der Waals surface area contributed by atoms with E-state index in [1.807, 2.05) is 0 Å². The van der Waals surface area contributed by atoms with Crippen LogP contribution in [0, 0.1) is 0 Å². The Kier molecular flexibility index (Phi) is 5.38. The number of hydrogen-bond donors (Lipinski definition) is 6. The van der Waals surface area contributed by atoms with Crippen molar-refractivity contribution in [1.82, 2.24) is 19.5 Å². The zero-order chi connectivity index (χ0) is 20.0. The minimum absolute atomic E-state index is 0.102. The Morgan fingerprint density at radius 1 is 1.19 bits per heavy atom. The first-order valence-electron chi connectivity index (χ1n) is 7.44. The molecule has 150 valence electrons. The lowest BCUT2D eigenvalue weighted by atomic mass is 10.1. The molecule has 0 saturated carbocycles. The summed E-state index contributed by atoms with van der Waals surface area (Å²) in [6, 6.07) is 0. The number of anilines is 1. The molecule has 1 aliphatic heterocycles. The number of rotatable bonds is 6. The van der Waals surface area contributed by atoms with Crippen molar-refractivity contribution >= 4 is 32.2 Å². The fourth-order valence-electron chi connectivity index (χ4n) is 2.62. The Hall–Kier alpha value is -1.47. The smallest absolute Gasteiger partial charge is 0.340 e. The van der Waals surface area contributed by atoms with Gasteiger partial charge in [-0.15, -0.1) is 0 Å². The Morgan fingerprint density at radius 3 is 2.56 bits per heavy atom. The molecule has 14 nitrogen and oxygen atoms in total. The van der Waals surface area contributed by atoms with E-state index in [1.54, 1.807) is 0 Å². The number of aromatic nitrogens is 4. The predicted molar refractivity (Wildman–Crippen MR) is 88.3 cm³/mol. The summed E-state index contributed by atoms with van der Waals surface area (Å²) < 4.78 is 33.9. The topological polar surface area (TPSA) is 223 Å². The summed E-state index contributed by atoms with van der Waals surface area (Å²) in [5, 5.41) is 20.3. The van der Waals surface area contributed by atoms with Crippen LogP contribution in [0.25, 0.3) is 11.2 Å². The van der Waals surface area contributed by atoms with Crippen molar-refractivity contribution < 1.29 is 43.3 Å². The van der Waals surface area contributed by atoms with Gasteiger partial charge in [0.25, 0.3) is 0 Å². The Labute approximate surface area is 151 Å². The molecule has 1 saturated heterocycles. The molecular formula is C11H17N5O9P2. The molecule has 0 amide bonds. The van der Waals surface area contributed by atoms with Crippen LogP contribution in [-0.2, 0) is 18.4 Å². The summed E-state index contributed by atoms with van der Waals surface area (Å²) in [6.07, 6.45) is -2.94. The highest BCUT2D eigenvalue weighted by Crippen LogP contribution is 2.55. The second-order valence-corrected chi connectivity index (χ2v) is 9.86. The summed E-state index contributed by atoms with van der Waals surface area (Å²) in [7, 11) is -9.42. The predicted octanol–water partition coefficient (Wildman–Crippen LogP) is -1.64. The van der Waals surface area contributed by atoms with Crippen molar-refractivity contribution in [3.8, 4) is 0 Å². The minimum Gasteiger partial charge on any atom is -0.387 e. The maximum atomic E-state index is 11.7. The van der Waals surface area contributed by atoms with Crippen LogP contribution in [0.3, 0.4) is 0 Å². The van der Waals surface area contributed by atoms with E-state index in [0.717, 1.165) is 0 Å². The maximum absolute atomic E-state index is 11.7. The van der Waals surface area contributed by atoms with E-state index in [4.69, 9.17) is 20.3 Å². The van der Waals surface area contributed by atoms with E-state index >= 15 is 0 Å². The van der Waals surface area contributed by atoms with Gasteiger partial charge in [-0.25, -0.2) is 15.0 Å². The highest BCUT2D eigenvalue weighted by atomic mass is 31.2. The number of nitrogen functional groups attached to an aromatic ring is 1. The van der Waals surface area contributed by atoms with Gasteiger partial charge in [0.2, 0.25) is 0 Å². The van der Waals surface area contributed by atoms with Gasteiger partial charge in [0, 0.05) is 0 Å². The SMILES string of the molecule is Nc1ncnc2c1ncn2[C@@H]1O[C@@H](COP(=O)(O)CP(=O)(O)O)[C@@H](O)[C@H]1O. The fraction of sp³-hybridized carbons (Fsp3) is 0.545. The van der Waals surface area contributed by atoms with Crippen LogP contribution in [0.5, 0.6) is 0 Å². The molecular weight excluding hydrogens is 408 g/mol. The summed E-state index contributed by atoms with van der Waals surface area (Å²) >= 11 is 0. The third-order valence-corrected chi connectivity index (χ3v) is 7.26. The van der Waals surface area contributed by atoms with Gasteiger partial charge < -0.3 is 39.9 Å². The van der Waals surface area contributed by atoms with Gasteiger partial charge in [-0.1, -0.05) is 0 Å². The summed E-state index contributed by atoms with van der Waals surface area (Å²) in [5.74, 6) is -1.28. The van der Waals surface area contributed by atoms with E-state index in [2.05, 4.69) is 19.5 Å². The van der Waals surface area contributed by atoms with Crippen molar-refractivity contribution in [2.45, 2.75) is 24.5 Å².